The lowest BCUT2D eigenvalue weighted by molar-refractivity contribution is 0.568. The molecule has 0 unspecified atom stereocenters. The predicted octanol–water partition coefficient (Wildman–Crippen LogP) is 2.48. The van der Waals surface area contributed by atoms with Crippen LogP contribution in [0.25, 0.3) is 11.3 Å². The number of nitrogens with zero attached hydrogens (tertiary/aromatic N) is 2. The molecule has 0 atom stereocenters. The summed E-state index contributed by atoms with van der Waals surface area (Å²) in [6.45, 7) is 4.78. The first kappa shape index (κ1) is 9.71. The third-order valence-corrected chi connectivity index (χ3v) is 2.01. The first-order chi connectivity index (χ1) is 7.29. The van der Waals surface area contributed by atoms with Crippen LogP contribution in [-0.2, 0) is 0 Å². The standard InChI is InChI=1S/C11H13N3O/c1-3-12-11-13-8(2)6-10(14-11)9-4-5-15-7-9/h4-7H,3H2,1-2H3,(H,12,13,14). The topological polar surface area (TPSA) is 51.0 Å². The van der Waals surface area contributed by atoms with Crippen LogP contribution in [0.3, 0.4) is 0 Å². The molecule has 2 aromatic heterocycles. The van der Waals surface area contributed by atoms with Crippen molar-refractivity contribution in [2.24, 2.45) is 0 Å². The molecule has 0 fully saturated rings. The Hall–Kier alpha value is -1.84. The second-order valence-electron chi connectivity index (χ2n) is 3.26. The lowest BCUT2D eigenvalue weighted by Gasteiger charge is -2.04. The maximum Gasteiger partial charge on any atom is 0.223 e. The second-order valence-corrected chi connectivity index (χ2v) is 3.26. The molecule has 4 nitrogen and oxygen atoms in total. The molecule has 2 heterocycles. The molecule has 0 aliphatic carbocycles. The Morgan fingerprint density at radius 1 is 1.40 bits per heavy atom. The summed E-state index contributed by atoms with van der Waals surface area (Å²) in [7, 11) is 0. The molecular weight excluding hydrogens is 190 g/mol. The fraction of sp³-hybridized carbons (Fsp3) is 0.273. The third-order valence-electron chi connectivity index (χ3n) is 2.01. The van der Waals surface area contributed by atoms with Crippen LogP contribution in [0.15, 0.2) is 29.1 Å². The van der Waals surface area contributed by atoms with E-state index in [9.17, 15) is 0 Å². The minimum Gasteiger partial charge on any atom is -0.472 e. The highest BCUT2D eigenvalue weighted by molar-refractivity contribution is 5.59. The highest BCUT2D eigenvalue weighted by Gasteiger charge is 2.04. The van der Waals surface area contributed by atoms with E-state index in [1.165, 1.54) is 0 Å². The second kappa shape index (κ2) is 4.13. The molecule has 2 rings (SSSR count). The van der Waals surface area contributed by atoms with Crippen LogP contribution in [0.2, 0.25) is 0 Å². The van der Waals surface area contributed by atoms with E-state index in [0.29, 0.717) is 5.95 Å². The predicted molar refractivity (Wildman–Crippen MR) is 58.6 cm³/mol. The van der Waals surface area contributed by atoms with Gasteiger partial charge in [0, 0.05) is 17.8 Å². The Kier molecular flexibility index (Phi) is 2.67. The monoisotopic (exact) mass is 203 g/mol. The number of anilines is 1. The molecule has 15 heavy (non-hydrogen) atoms. The van der Waals surface area contributed by atoms with E-state index in [-0.39, 0.29) is 0 Å². The highest BCUT2D eigenvalue weighted by Crippen LogP contribution is 2.19. The molecule has 0 bridgehead atoms. The summed E-state index contributed by atoms with van der Waals surface area (Å²) in [5, 5.41) is 3.10. The van der Waals surface area contributed by atoms with Gasteiger partial charge < -0.3 is 9.73 Å². The van der Waals surface area contributed by atoms with Crippen LogP contribution in [0.1, 0.15) is 12.6 Å². The Morgan fingerprint density at radius 3 is 2.93 bits per heavy atom. The number of aromatic nitrogens is 2. The third kappa shape index (κ3) is 2.15. The molecule has 0 aromatic carbocycles. The van der Waals surface area contributed by atoms with Gasteiger partial charge in [-0.2, -0.15) is 0 Å². The van der Waals surface area contributed by atoms with Crippen molar-refractivity contribution in [1.29, 1.82) is 0 Å². The van der Waals surface area contributed by atoms with Gasteiger partial charge in [-0.3, -0.25) is 0 Å². The maximum absolute atomic E-state index is 5.03. The molecule has 0 aliphatic rings. The normalized spacial score (nSPS) is 10.3. The van der Waals surface area contributed by atoms with E-state index in [0.717, 1.165) is 23.5 Å². The molecular formula is C11H13N3O. The van der Waals surface area contributed by atoms with Crippen LogP contribution < -0.4 is 5.32 Å². The lowest BCUT2D eigenvalue weighted by Crippen LogP contribution is -2.03. The van der Waals surface area contributed by atoms with Gasteiger partial charge in [0.2, 0.25) is 5.95 Å². The van der Waals surface area contributed by atoms with Gasteiger partial charge in [-0.1, -0.05) is 0 Å². The summed E-state index contributed by atoms with van der Waals surface area (Å²) in [4.78, 5) is 8.66. The van der Waals surface area contributed by atoms with Crippen molar-refractivity contribution in [2.75, 3.05) is 11.9 Å². The zero-order valence-electron chi connectivity index (χ0n) is 8.82. The van der Waals surface area contributed by atoms with Gasteiger partial charge >= 0.3 is 0 Å². The summed E-state index contributed by atoms with van der Waals surface area (Å²) in [6, 6.07) is 3.82. The average molecular weight is 203 g/mol. The van der Waals surface area contributed by atoms with E-state index < -0.39 is 0 Å². The Labute approximate surface area is 88.4 Å². The van der Waals surface area contributed by atoms with Crippen LogP contribution >= 0.6 is 0 Å². The Morgan fingerprint density at radius 2 is 2.27 bits per heavy atom. The number of rotatable bonds is 3. The number of hydrogen-bond donors (Lipinski definition) is 1. The van der Waals surface area contributed by atoms with Crippen LogP contribution in [-0.4, -0.2) is 16.5 Å². The Balaban J connectivity index is 2.40. The Bertz CT molecular complexity index is 437. The van der Waals surface area contributed by atoms with Gasteiger partial charge in [-0.25, -0.2) is 9.97 Å². The summed E-state index contributed by atoms with van der Waals surface area (Å²) in [5.74, 6) is 0.661. The van der Waals surface area contributed by atoms with Crippen molar-refractivity contribution < 1.29 is 4.42 Å². The molecule has 0 aliphatic heterocycles. The molecule has 0 saturated heterocycles. The summed E-state index contributed by atoms with van der Waals surface area (Å²) in [6.07, 6.45) is 3.32. The van der Waals surface area contributed by atoms with Crippen LogP contribution in [0.5, 0.6) is 0 Å². The number of furan rings is 1. The van der Waals surface area contributed by atoms with Crippen molar-refractivity contribution in [3.05, 3.63) is 30.4 Å². The molecule has 4 heteroatoms. The van der Waals surface area contributed by atoms with Crippen LogP contribution in [0.4, 0.5) is 5.95 Å². The van der Waals surface area contributed by atoms with Crippen molar-refractivity contribution in [2.45, 2.75) is 13.8 Å². The summed E-state index contributed by atoms with van der Waals surface area (Å²) >= 11 is 0. The van der Waals surface area contributed by atoms with Gasteiger partial charge in [-0.05, 0) is 26.0 Å². The zero-order chi connectivity index (χ0) is 10.7. The average Bonchev–Trinajstić information content (AvgIpc) is 2.70. The van der Waals surface area contributed by atoms with E-state index >= 15 is 0 Å². The minimum absolute atomic E-state index is 0.661. The quantitative estimate of drug-likeness (QED) is 0.832. The largest absolute Gasteiger partial charge is 0.472 e. The molecule has 78 valence electrons. The van der Waals surface area contributed by atoms with E-state index in [1.54, 1.807) is 12.5 Å². The number of nitrogens with one attached hydrogen (secondary N) is 1. The molecule has 1 N–H and O–H groups in total. The van der Waals surface area contributed by atoms with Gasteiger partial charge in [0.05, 0.1) is 18.2 Å². The number of hydrogen-bond acceptors (Lipinski definition) is 4. The van der Waals surface area contributed by atoms with Gasteiger partial charge in [-0.15, -0.1) is 0 Å². The van der Waals surface area contributed by atoms with Crippen molar-refractivity contribution in [3.8, 4) is 11.3 Å². The minimum atomic E-state index is 0.661. The van der Waals surface area contributed by atoms with Gasteiger partial charge in [0.1, 0.15) is 0 Å². The van der Waals surface area contributed by atoms with Crippen molar-refractivity contribution in [3.63, 3.8) is 0 Å². The van der Waals surface area contributed by atoms with E-state index in [4.69, 9.17) is 4.42 Å². The summed E-state index contributed by atoms with van der Waals surface area (Å²) < 4.78 is 5.03. The van der Waals surface area contributed by atoms with E-state index in [2.05, 4.69) is 15.3 Å². The molecule has 0 amide bonds. The van der Waals surface area contributed by atoms with E-state index in [1.807, 2.05) is 26.0 Å². The fourth-order valence-electron chi connectivity index (χ4n) is 1.36. The van der Waals surface area contributed by atoms with Crippen molar-refractivity contribution in [1.82, 2.24) is 9.97 Å². The summed E-state index contributed by atoms with van der Waals surface area (Å²) in [5.41, 5.74) is 2.80. The fourth-order valence-corrected chi connectivity index (χ4v) is 1.36. The highest BCUT2D eigenvalue weighted by atomic mass is 16.3. The zero-order valence-corrected chi connectivity index (χ0v) is 8.82. The van der Waals surface area contributed by atoms with Gasteiger partial charge in [0.15, 0.2) is 0 Å². The maximum atomic E-state index is 5.03. The first-order valence-electron chi connectivity index (χ1n) is 4.91. The lowest BCUT2D eigenvalue weighted by atomic mass is 10.2. The molecule has 2 aromatic rings. The number of aryl methyl sites for hydroxylation is 1. The molecule has 0 saturated carbocycles. The first-order valence-corrected chi connectivity index (χ1v) is 4.91. The van der Waals surface area contributed by atoms with Gasteiger partial charge in [0.25, 0.3) is 0 Å². The van der Waals surface area contributed by atoms with Crippen molar-refractivity contribution >= 4 is 5.95 Å². The van der Waals surface area contributed by atoms with Crippen LogP contribution in [0, 0.1) is 6.92 Å². The SMILES string of the molecule is CCNc1nc(C)cc(-c2ccoc2)n1. The molecule has 0 radical (unpaired) electrons. The smallest absolute Gasteiger partial charge is 0.223 e. The molecule has 0 spiro atoms.